The monoisotopic (exact) mass is 553 g/mol. The van der Waals surface area contributed by atoms with Crippen LogP contribution in [-0.2, 0) is 6.42 Å². The van der Waals surface area contributed by atoms with Gasteiger partial charge in [-0.3, -0.25) is 9.59 Å². The average molecular weight is 554 g/mol. The first-order valence-electron chi connectivity index (χ1n) is 13.5. The molecule has 0 saturated heterocycles. The number of hydrogen-bond acceptors (Lipinski definition) is 5. The SMILES string of the molecule is CCCN(CCC)C(=O)c1cc(C)cc(C(=O)NC(Cc2cc(F)cc(F)c2)C(O)CNOc2ccccc2)c1. The van der Waals surface area contributed by atoms with Gasteiger partial charge in [0.2, 0.25) is 0 Å². The number of carbonyl (C=O) groups is 2. The number of halogens is 2. The van der Waals surface area contributed by atoms with Crippen molar-refractivity contribution >= 4 is 11.8 Å². The van der Waals surface area contributed by atoms with Crippen molar-refractivity contribution in [3.63, 3.8) is 0 Å². The number of nitrogens with zero attached hydrogens (tertiary/aromatic N) is 1. The van der Waals surface area contributed by atoms with E-state index in [9.17, 15) is 23.5 Å². The van der Waals surface area contributed by atoms with Gasteiger partial charge in [-0.2, -0.15) is 5.48 Å². The summed E-state index contributed by atoms with van der Waals surface area (Å²) in [5.41, 5.74) is 4.31. The fourth-order valence-electron chi connectivity index (χ4n) is 4.43. The van der Waals surface area contributed by atoms with Gasteiger partial charge in [0.25, 0.3) is 11.8 Å². The lowest BCUT2D eigenvalue weighted by Gasteiger charge is -2.25. The Morgan fingerprint density at radius 1 is 0.925 bits per heavy atom. The summed E-state index contributed by atoms with van der Waals surface area (Å²) < 4.78 is 27.8. The van der Waals surface area contributed by atoms with Gasteiger partial charge in [0.05, 0.1) is 18.7 Å². The van der Waals surface area contributed by atoms with Crippen LogP contribution >= 0.6 is 0 Å². The zero-order valence-corrected chi connectivity index (χ0v) is 23.1. The molecule has 0 saturated carbocycles. The second kappa shape index (κ2) is 15.1. The predicted octanol–water partition coefficient (Wildman–Crippen LogP) is 4.82. The smallest absolute Gasteiger partial charge is 0.253 e. The third-order valence-corrected chi connectivity index (χ3v) is 6.25. The summed E-state index contributed by atoms with van der Waals surface area (Å²) in [7, 11) is 0. The summed E-state index contributed by atoms with van der Waals surface area (Å²) in [4.78, 5) is 33.8. The second-order valence-electron chi connectivity index (χ2n) is 9.77. The van der Waals surface area contributed by atoms with Gasteiger partial charge in [-0.05, 0) is 79.8 Å². The van der Waals surface area contributed by atoms with Gasteiger partial charge in [-0.1, -0.05) is 32.0 Å². The number of amides is 2. The number of carbonyl (C=O) groups excluding carboxylic acids is 2. The normalized spacial score (nSPS) is 12.4. The first-order valence-corrected chi connectivity index (χ1v) is 13.5. The summed E-state index contributed by atoms with van der Waals surface area (Å²) in [6, 6.07) is 15.9. The quantitative estimate of drug-likeness (QED) is 0.249. The maximum absolute atomic E-state index is 13.9. The molecule has 0 aromatic heterocycles. The molecule has 2 amide bonds. The number of aryl methyl sites for hydroxylation is 1. The van der Waals surface area contributed by atoms with Crippen molar-refractivity contribution in [3.8, 4) is 5.75 Å². The van der Waals surface area contributed by atoms with E-state index in [2.05, 4.69) is 10.8 Å². The molecule has 0 bridgehead atoms. The first-order chi connectivity index (χ1) is 19.2. The van der Waals surface area contributed by atoms with E-state index < -0.39 is 29.7 Å². The minimum Gasteiger partial charge on any atom is -0.409 e. The van der Waals surface area contributed by atoms with Crippen molar-refractivity contribution in [2.45, 2.75) is 52.2 Å². The first kappa shape index (κ1) is 30.7. The minimum absolute atomic E-state index is 0.0486. The molecule has 3 N–H and O–H groups in total. The van der Waals surface area contributed by atoms with Crippen LogP contribution in [0.5, 0.6) is 5.75 Å². The van der Waals surface area contributed by atoms with Crippen molar-refractivity contribution in [1.29, 1.82) is 0 Å². The molecule has 0 heterocycles. The van der Waals surface area contributed by atoms with E-state index in [-0.39, 0.29) is 30.0 Å². The lowest BCUT2D eigenvalue weighted by molar-refractivity contribution is 0.0687. The zero-order chi connectivity index (χ0) is 29.1. The Bertz CT molecular complexity index is 1250. The topological polar surface area (TPSA) is 90.9 Å². The molecule has 0 aliphatic rings. The molecule has 3 aromatic rings. The van der Waals surface area contributed by atoms with Gasteiger partial charge in [0.15, 0.2) is 0 Å². The molecule has 2 atom stereocenters. The molecular weight excluding hydrogens is 516 g/mol. The highest BCUT2D eigenvalue weighted by molar-refractivity contribution is 6.00. The van der Waals surface area contributed by atoms with Crippen LogP contribution in [0.4, 0.5) is 8.78 Å². The van der Waals surface area contributed by atoms with Crippen molar-refractivity contribution in [3.05, 3.63) is 101 Å². The van der Waals surface area contributed by atoms with Crippen molar-refractivity contribution in [1.82, 2.24) is 15.7 Å². The van der Waals surface area contributed by atoms with E-state index in [4.69, 9.17) is 4.84 Å². The van der Waals surface area contributed by atoms with Crippen molar-refractivity contribution < 1.29 is 28.3 Å². The minimum atomic E-state index is -1.19. The maximum atomic E-state index is 13.9. The lowest BCUT2D eigenvalue weighted by Crippen LogP contribution is -2.49. The zero-order valence-electron chi connectivity index (χ0n) is 23.1. The molecule has 3 aromatic carbocycles. The van der Waals surface area contributed by atoms with Gasteiger partial charge in [-0.25, -0.2) is 8.78 Å². The van der Waals surface area contributed by atoms with E-state index in [1.54, 1.807) is 48.2 Å². The van der Waals surface area contributed by atoms with Crippen molar-refractivity contribution in [2.75, 3.05) is 19.6 Å². The number of hydroxylamine groups is 1. The molecule has 2 unspecified atom stereocenters. The fourth-order valence-corrected chi connectivity index (χ4v) is 4.43. The summed E-state index contributed by atoms with van der Waals surface area (Å²) in [5, 5.41) is 13.8. The van der Waals surface area contributed by atoms with Crippen LogP contribution in [0.2, 0.25) is 0 Å². The van der Waals surface area contributed by atoms with Crippen LogP contribution in [0.15, 0.2) is 66.7 Å². The highest BCUT2D eigenvalue weighted by Gasteiger charge is 2.24. The molecule has 0 aliphatic heterocycles. The van der Waals surface area contributed by atoms with E-state index in [0.29, 0.717) is 24.4 Å². The van der Waals surface area contributed by atoms with E-state index in [0.717, 1.165) is 36.6 Å². The Hall–Kier alpha value is -3.82. The molecule has 9 heteroatoms. The highest BCUT2D eigenvalue weighted by atomic mass is 19.1. The number of aliphatic hydroxyl groups is 1. The van der Waals surface area contributed by atoms with Gasteiger partial charge >= 0.3 is 0 Å². The van der Waals surface area contributed by atoms with Gasteiger partial charge < -0.3 is 20.2 Å². The summed E-state index contributed by atoms with van der Waals surface area (Å²) in [6.45, 7) is 6.93. The standard InChI is InChI=1S/C31H37F2N3O4/c1-4-11-36(12-5-2)31(39)24-14-21(3)13-23(18-24)30(38)35-28(17-22-15-25(32)19-26(33)16-22)29(37)20-34-40-27-9-7-6-8-10-27/h6-10,13-16,18-19,28-29,34,37H,4-5,11-12,17,20H2,1-3H3,(H,35,38). The van der Waals surface area contributed by atoms with Gasteiger partial charge in [0.1, 0.15) is 17.4 Å². The molecule has 214 valence electrons. The number of nitrogens with one attached hydrogen (secondary N) is 2. The number of para-hydroxylation sites is 1. The van der Waals surface area contributed by atoms with Crippen molar-refractivity contribution in [2.24, 2.45) is 0 Å². The summed E-state index contributed by atoms with van der Waals surface area (Å²) in [5.74, 6) is -1.67. The molecule has 40 heavy (non-hydrogen) atoms. The Morgan fingerprint density at radius 2 is 1.55 bits per heavy atom. The van der Waals surface area contributed by atoms with Crippen LogP contribution in [-0.4, -0.2) is 53.6 Å². The molecule has 7 nitrogen and oxygen atoms in total. The number of hydrogen-bond donors (Lipinski definition) is 3. The van der Waals surface area contributed by atoms with Crippen LogP contribution in [0.3, 0.4) is 0 Å². The van der Waals surface area contributed by atoms with Crippen LogP contribution in [0.25, 0.3) is 0 Å². The van der Waals surface area contributed by atoms with Crippen LogP contribution < -0.4 is 15.6 Å². The molecule has 0 fully saturated rings. The van der Waals surface area contributed by atoms with E-state index >= 15 is 0 Å². The maximum Gasteiger partial charge on any atom is 0.253 e. The van der Waals surface area contributed by atoms with Gasteiger partial charge in [-0.15, -0.1) is 0 Å². The van der Waals surface area contributed by atoms with Crippen LogP contribution in [0, 0.1) is 18.6 Å². The fraction of sp³-hybridized carbons (Fsp3) is 0.355. The van der Waals surface area contributed by atoms with Crippen LogP contribution in [0.1, 0.15) is 58.5 Å². The Balaban J connectivity index is 1.80. The predicted molar refractivity (Wildman–Crippen MR) is 150 cm³/mol. The molecular formula is C31H37F2N3O4. The number of aliphatic hydroxyl groups excluding tert-OH is 1. The molecule has 3 rings (SSSR count). The average Bonchev–Trinajstić information content (AvgIpc) is 2.91. The Morgan fingerprint density at radius 3 is 2.17 bits per heavy atom. The van der Waals surface area contributed by atoms with E-state index in [1.807, 2.05) is 19.9 Å². The Kier molecular flexibility index (Phi) is 11.6. The van der Waals surface area contributed by atoms with Gasteiger partial charge in [0, 0.05) is 30.3 Å². The largest absolute Gasteiger partial charge is 0.409 e. The highest BCUT2D eigenvalue weighted by Crippen LogP contribution is 2.16. The van der Waals surface area contributed by atoms with E-state index in [1.165, 1.54) is 6.07 Å². The third-order valence-electron chi connectivity index (χ3n) is 6.25. The summed E-state index contributed by atoms with van der Waals surface area (Å²) in [6.07, 6.45) is 0.391. The molecule has 0 aliphatic carbocycles. The number of rotatable bonds is 14. The molecule has 0 spiro atoms. The lowest BCUT2D eigenvalue weighted by atomic mass is 9.99. The second-order valence-corrected chi connectivity index (χ2v) is 9.77. The molecule has 0 radical (unpaired) electrons. The third kappa shape index (κ3) is 9.14. The number of benzene rings is 3. The Labute approximate surface area is 234 Å². The summed E-state index contributed by atoms with van der Waals surface area (Å²) >= 11 is 0.